The molecule has 2 aromatic rings. The molecule has 1 amide bonds. The molecular formula is C17H19NO2S. The number of carbonyl (C=O) groups is 1. The Morgan fingerprint density at radius 2 is 2.00 bits per heavy atom. The monoisotopic (exact) mass is 301 g/mol. The molecule has 21 heavy (non-hydrogen) atoms. The summed E-state index contributed by atoms with van der Waals surface area (Å²) in [4.78, 5) is 14.3. The third-order valence-electron chi connectivity index (χ3n) is 4.07. The smallest absolute Gasteiger partial charge is 0.254 e. The van der Waals surface area contributed by atoms with Gasteiger partial charge < -0.3 is 10.0 Å². The molecule has 0 radical (unpaired) electrons. The maximum Gasteiger partial charge on any atom is 0.254 e. The molecular weight excluding hydrogens is 282 g/mol. The summed E-state index contributed by atoms with van der Waals surface area (Å²) in [6.45, 7) is 1.79. The quantitative estimate of drug-likeness (QED) is 0.943. The van der Waals surface area contributed by atoms with Crippen molar-refractivity contribution in [1.82, 2.24) is 4.90 Å². The van der Waals surface area contributed by atoms with Crippen molar-refractivity contribution in [1.29, 1.82) is 0 Å². The zero-order valence-electron chi connectivity index (χ0n) is 11.9. The van der Waals surface area contributed by atoms with Crippen LogP contribution in [0.4, 0.5) is 0 Å². The van der Waals surface area contributed by atoms with Gasteiger partial charge in [0.1, 0.15) is 0 Å². The lowest BCUT2D eigenvalue weighted by atomic mass is 9.98. The number of aliphatic hydroxyl groups excluding tert-OH is 1. The van der Waals surface area contributed by atoms with Crippen molar-refractivity contribution < 1.29 is 9.90 Å². The second-order valence-corrected chi connectivity index (χ2v) is 6.38. The average Bonchev–Trinajstić information content (AvgIpc) is 3.19. The Bertz CT molecular complexity index is 592. The number of benzene rings is 1. The van der Waals surface area contributed by atoms with Gasteiger partial charge in [-0.1, -0.05) is 24.3 Å². The molecule has 0 spiro atoms. The molecule has 1 aromatic heterocycles. The fourth-order valence-corrected chi connectivity index (χ4v) is 3.50. The lowest BCUT2D eigenvalue weighted by molar-refractivity contribution is 0.0787. The van der Waals surface area contributed by atoms with Crippen molar-refractivity contribution >= 4 is 17.2 Å². The Kier molecular flexibility index (Phi) is 4.36. The lowest BCUT2D eigenvalue weighted by Gasteiger charge is -2.16. The average molecular weight is 301 g/mol. The molecule has 1 N–H and O–H groups in total. The van der Waals surface area contributed by atoms with E-state index >= 15 is 0 Å². The minimum atomic E-state index is 0.0899. The molecule has 110 valence electrons. The van der Waals surface area contributed by atoms with Gasteiger partial charge in [-0.2, -0.15) is 11.3 Å². The molecule has 1 aromatic carbocycles. The molecule has 0 aliphatic carbocycles. The van der Waals surface area contributed by atoms with Gasteiger partial charge in [0.2, 0.25) is 0 Å². The summed E-state index contributed by atoms with van der Waals surface area (Å²) in [6, 6.07) is 9.99. The van der Waals surface area contributed by atoms with Gasteiger partial charge in [-0.05, 0) is 41.3 Å². The minimum absolute atomic E-state index is 0.0899. The Morgan fingerprint density at radius 3 is 2.67 bits per heavy atom. The highest BCUT2D eigenvalue weighted by Gasteiger charge is 2.27. The van der Waals surface area contributed by atoms with Crippen molar-refractivity contribution in [3.63, 3.8) is 0 Å². The molecule has 1 atom stereocenters. The van der Waals surface area contributed by atoms with Gasteiger partial charge in [0, 0.05) is 18.5 Å². The number of nitrogens with zero attached hydrogens (tertiary/aromatic N) is 1. The van der Waals surface area contributed by atoms with E-state index in [0.29, 0.717) is 5.92 Å². The number of hydrogen-bond donors (Lipinski definition) is 1. The molecule has 4 heteroatoms. The van der Waals surface area contributed by atoms with E-state index in [9.17, 15) is 4.79 Å². The van der Waals surface area contributed by atoms with E-state index in [0.717, 1.165) is 37.1 Å². The first-order valence-corrected chi connectivity index (χ1v) is 8.20. The van der Waals surface area contributed by atoms with E-state index in [1.807, 2.05) is 33.9 Å². The molecule has 0 saturated carbocycles. The van der Waals surface area contributed by atoms with Crippen LogP contribution in [0.15, 0.2) is 41.1 Å². The summed E-state index contributed by atoms with van der Waals surface area (Å²) in [5, 5.41) is 12.9. The van der Waals surface area contributed by atoms with Crippen molar-refractivity contribution in [3.8, 4) is 0 Å². The van der Waals surface area contributed by atoms with E-state index < -0.39 is 0 Å². The summed E-state index contributed by atoms with van der Waals surface area (Å²) < 4.78 is 0. The summed E-state index contributed by atoms with van der Waals surface area (Å²) in [7, 11) is 0. The molecule has 0 bridgehead atoms. The highest BCUT2D eigenvalue weighted by molar-refractivity contribution is 7.08. The van der Waals surface area contributed by atoms with Gasteiger partial charge >= 0.3 is 0 Å². The van der Waals surface area contributed by atoms with E-state index in [-0.39, 0.29) is 12.5 Å². The summed E-state index contributed by atoms with van der Waals surface area (Å²) in [5.41, 5.74) is 3.04. The van der Waals surface area contributed by atoms with Gasteiger partial charge in [-0.15, -0.1) is 0 Å². The van der Waals surface area contributed by atoms with Crippen LogP contribution in [0.25, 0.3) is 0 Å². The molecule has 1 aliphatic rings. The molecule has 3 rings (SSSR count). The number of thiophene rings is 1. The second kappa shape index (κ2) is 6.41. The van der Waals surface area contributed by atoms with E-state index in [1.165, 1.54) is 5.56 Å². The van der Waals surface area contributed by atoms with Crippen LogP contribution in [0, 0.1) is 5.92 Å². The van der Waals surface area contributed by atoms with Crippen LogP contribution in [-0.4, -0.2) is 29.0 Å². The first-order chi connectivity index (χ1) is 10.3. The minimum Gasteiger partial charge on any atom is -0.392 e. The number of hydrogen-bond acceptors (Lipinski definition) is 3. The normalized spacial score (nSPS) is 18.1. The van der Waals surface area contributed by atoms with Crippen LogP contribution in [0.1, 0.15) is 27.9 Å². The van der Waals surface area contributed by atoms with Crippen LogP contribution in [0.5, 0.6) is 0 Å². The molecule has 2 heterocycles. The van der Waals surface area contributed by atoms with Crippen molar-refractivity contribution in [2.45, 2.75) is 19.4 Å². The Hall–Kier alpha value is -1.65. The van der Waals surface area contributed by atoms with Gasteiger partial charge in [0.05, 0.1) is 12.2 Å². The molecule has 1 aliphatic heterocycles. The summed E-state index contributed by atoms with van der Waals surface area (Å²) >= 11 is 1.57. The molecule has 0 unspecified atom stereocenters. The van der Waals surface area contributed by atoms with E-state index in [4.69, 9.17) is 5.11 Å². The van der Waals surface area contributed by atoms with Crippen LogP contribution in [0.2, 0.25) is 0 Å². The van der Waals surface area contributed by atoms with E-state index in [2.05, 4.69) is 12.1 Å². The highest BCUT2D eigenvalue weighted by atomic mass is 32.1. The topological polar surface area (TPSA) is 40.5 Å². The number of likely N-dealkylation sites (tertiary alicyclic amines) is 1. The van der Waals surface area contributed by atoms with Crippen LogP contribution in [-0.2, 0) is 13.0 Å². The number of amides is 1. The number of rotatable bonds is 4. The first-order valence-electron chi connectivity index (χ1n) is 7.26. The van der Waals surface area contributed by atoms with Gasteiger partial charge in [0.25, 0.3) is 5.91 Å². The van der Waals surface area contributed by atoms with Gasteiger partial charge in [-0.25, -0.2) is 0 Å². The van der Waals surface area contributed by atoms with Gasteiger partial charge in [-0.3, -0.25) is 4.79 Å². The van der Waals surface area contributed by atoms with Crippen LogP contribution >= 0.6 is 11.3 Å². The first kappa shape index (κ1) is 14.3. The van der Waals surface area contributed by atoms with Crippen molar-refractivity contribution in [3.05, 3.63) is 57.8 Å². The predicted molar refractivity (Wildman–Crippen MR) is 84.4 cm³/mol. The third kappa shape index (κ3) is 3.34. The van der Waals surface area contributed by atoms with Gasteiger partial charge in [0.15, 0.2) is 0 Å². The Morgan fingerprint density at radius 1 is 1.24 bits per heavy atom. The molecule has 1 fully saturated rings. The van der Waals surface area contributed by atoms with Crippen molar-refractivity contribution in [2.24, 2.45) is 5.92 Å². The predicted octanol–water partition coefficient (Wildman–Crippen LogP) is 2.95. The van der Waals surface area contributed by atoms with Crippen LogP contribution < -0.4 is 0 Å². The van der Waals surface area contributed by atoms with Crippen LogP contribution in [0.3, 0.4) is 0 Å². The maximum atomic E-state index is 12.3. The fraction of sp³-hybridized carbons (Fsp3) is 0.353. The Labute approximate surface area is 128 Å². The Balaban J connectivity index is 1.58. The largest absolute Gasteiger partial charge is 0.392 e. The standard InChI is InChI=1S/C17H19NO2S/c19-11-14-3-1-13(2-4-14)9-15-5-7-18(10-15)17(20)16-6-8-21-12-16/h1-4,6,8,12,15,19H,5,7,9-11H2/t15-/m1/s1. The third-order valence-corrected chi connectivity index (χ3v) is 4.75. The summed E-state index contributed by atoms with van der Waals surface area (Å²) in [5.74, 6) is 0.696. The second-order valence-electron chi connectivity index (χ2n) is 5.60. The zero-order valence-corrected chi connectivity index (χ0v) is 12.7. The molecule has 1 saturated heterocycles. The SMILES string of the molecule is O=C(c1ccsc1)N1CC[C@H](Cc2ccc(CO)cc2)C1. The number of carbonyl (C=O) groups excluding carboxylic acids is 1. The number of aliphatic hydroxyl groups is 1. The lowest BCUT2D eigenvalue weighted by Crippen LogP contribution is -2.28. The van der Waals surface area contributed by atoms with E-state index in [1.54, 1.807) is 11.3 Å². The molecule has 3 nitrogen and oxygen atoms in total. The highest BCUT2D eigenvalue weighted by Crippen LogP contribution is 2.23. The summed E-state index contributed by atoms with van der Waals surface area (Å²) in [6.07, 6.45) is 2.07. The van der Waals surface area contributed by atoms with Crippen molar-refractivity contribution in [2.75, 3.05) is 13.1 Å². The fourth-order valence-electron chi connectivity index (χ4n) is 2.87. The zero-order chi connectivity index (χ0) is 14.7. The maximum absolute atomic E-state index is 12.3.